The SMILES string of the molecule is Cc1ccc(S(=O)(=O)NC(Cc2ccccc2)C(=O)Nc2ccc(Nc3nc(N4C[C@H](N)C[C@H](N)C4)nc(N4C[C@H](N)C[C@H](N)C4)n3)cc2O)cc1. The first kappa shape index (κ1) is 36.9. The van der Waals surface area contributed by atoms with Gasteiger partial charge in [-0.2, -0.15) is 19.7 Å². The summed E-state index contributed by atoms with van der Waals surface area (Å²) in [7, 11) is -4.06. The average molecular weight is 731 g/mol. The van der Waals surface area contributed by atoms with Crippen LogP contribution in [0.25, 0.3) is 0 Å². The molecule has 6 rings (SSSR count). The van der Waals surface area contributed by atoms with Crippen LogP contribution >= 0.6 is 0 Å². The number of benzene rings is 3. The Bertz CT molecular complexity index is 1900. The molecular formula is C35H46N12O4S. The number of sulfonamides is 1. The summed E-state index contributed by atoms with van der Waals surface area (Å²) in [6.45, 7) is 3.90. The lowest BCUT2D eigenvalue weighted by Gasteiger charge is -2.37. The van der Waals surface area contributed by atoms with Crippen molar-refractivity contribution in [2.24, 2.45) is 22.9 Å². The van der Waals surface area contributed by atoms with E-state index in [-0.39, 0.29) is 52.9 Å². The number of anilines is 5. The monoisotopic (exact) mass is 730 g/mol. The van der Waals surface area contributed by atoms with Gasteiger partial charge >= 0.3 is 0 Å². The molecule has 3 aromatic carbocycles. The van der Waals surface area contributed by atoms with Crippen LogP contribution in [-0.2, 0) is 21.2 Å². The quantitative estimate of drug-likeness (QED) is 0.0998. The van der Waals surface area contributed by atoms with E-state index in [1.54, 1.807) is 30.3 Å². The third kappa shape index (κ3) is 9.30. The molecule has 0 radical (unpaired) electrons. The van der Waals surface area contributed by atoms with Gasteiger partial charge in [-0.1, -0.05) is 48.0 Å². The number of phenols is 1. The second-order valence-corrected chi connectivity index (χ2v) is 15.3. The van der Waals surface area contributed by atoms with Crippen molar-refractivity contribution < 1.29 is 18.3 Å². The predicted molar refractivity (Wildman–Crippen MR) is 201 cm³/mol. The van der Waals surface area contributed by atoms with Gasteiger partial charge in [0.25, 0.3) is 0 Å². The number of carbonyl (C=O) groups is 1. The van der Waals surface area contributed by atoms with Crippen LogP contribution in [0.15, 0.2) is 77.7 Å². The van der Waals surface area contributed by atoms with Crippen molar-refractivity contribution in [3.8, 4) is 5.75 Å². The van der Waals surface area contributed by atoms with Gasteiger partial charge in [0.05, 0.1) is 10.6 Å². The van der Waals surface area contributed by atoms with E-state index in [0.717, 1.165) is 11.1 Å². The van der Waals surface area contributed by atoms with Gasteiger partial charge in [0.15, 0.2) is 0 Å². The zero-order valence-electron chi connectivity index (χ0n) is 28.9. The Balaban J connectivity index is 1.23. The van der Waals surface area contributed by atoms with E-state index in [1.807, 2.05) is 34.9 Å². The highest BCUT2D eigenvalue weighted by Crippen LogP contribution is 2.30. The minimum Gasteiger partial charge on any atom is -0.506 e. The second-order valence-electron chi connectivity index (χ2n) is 13.6. The van der Waals surface area contributed by atoms with E-state index in [2.05, 4.69) is 25.3 Å². The maximum Gasteiger partial charge on any atom is 0.243 e. The summed E-state index contributed by atoms with van der Waals surface area (Å²) in [5.74, 6) is 0.0462. The fourth-order valence-electron chi connectivity index (χ4n) is 6.45. The van der Waals surface area contributed by atoms with Crippen molar-refractivity contribution in [2.75, 3.05) is 46.6 Å². The Hall–Kier alpha value is -4.91. The van der Waals surface area contributed by atoms with Crippen molar-refractivity contribution in [3.63, 3.8) is 0 Å². The van der Waals surface area contributed by atoms with Gasteiger partial charge in [-0.25, -0.2) is 8.42 Å². The van der Waals surface area contributed by atoms with Crippen molar-refractivity contribution in [2.45, 2.75) is 61.3 Å². The number of rotatable bonds is 11. The molecule has 2 aliphatic heterocycles. The Morgan fingerprint density at radius 1 is 0.827 bits per heavy atom. The number of phenolic OH excluding ortho intramolecular Hbond substituents is 1. The molecule has 1 amide bonds. The Kier molecular flexibility index (Phi) is 11.2. The molecule has 12 N–H and O–H groups in total. The summed E-state index contributed by atoms with van der Waals surface area (Å²) in [4.78, 5) is 31.6. The average Bonchev–Trinajstić information content (AvgIpc) is 3.09. The first-order chi connectivity index (χ1) is 24.8. The molecule has 1 unspecified atom stereocenters. The van der Waals surface area contributed by atoms with Crippen LogP contribution in [0.5, 0.6) is 5.75 Å². The zero-order chi connectivity index (χ0) is 37.0. The number of piperidine rings is 2. The van der Waals surface area contributed by atoms with Crippen molar-refractivity contribution in [3.05, 3.63) is 83.9 Å². The summed E-state index contributed by atoms with van der Waals surface area (Å²) in [5.41, 5.74) is 27.2. The minimum atomic E-state index is -4.06. The van der Waals surface area contributed by atoms with E-state index in [9.17, 15) is 18.3 Å². The van der Waals surface area contributed by atoms with Crippen molar-refractivity contribution in [1.82, 2.24) is 19.7 Å². The van der Waals surface area contributed by atoms with E-state index in [0.29, 0.717) is 56.6 Å². The van der Waals surface area contributed by atoms with Crippen LogP contribution in [0.3, 0.4) is 0 Å². The number of amides is 1. The standard InChI is InChI=1S/C35H46N12O4S/c1-21-7-10-28(11-8-21)52(50,51)45-30(13-22-5-3-2-4-6-22)32(49)41-29-12-9-27(16-31(29)48)40-33-42-34(46-17-23(36)14-24(37)18-46)44-35(43-33)47-19-25(38)15-26(39)20-47/h2-12,16,23-26,30,45,48H,13-15,17-20,36-39H2,1H3,(H,41,49)(H,40,42,43,44)/t23-,24+,25-,26+,30?. The van der Waals surface area contributed by atoms with Crippen LogP contribution in [0, 0.1) is 6.92 Å². The molecule has 0 bridgehead atoms. The molecule has 0 aliphatic carbocycles. The van der Waals surface area contributed by atoms with Crippen LogP contribution in [0.4, 0.5) is 29.2 Å². The molecule has 1 aromatic heterocycles. The molecule has 16 nitrogen and oxygen atoms in total. The maximum absolute atomic E-state index is 13.6. The zero-order valence-corrected chi connectivity index (χ0v) is 29.7. The van der Waals surface area contributed by atoms with E-state index < -0.39 is 22.0 Å². The second kappa shape index (κ2) is 15.8. The van der Waals surface area contributed by atoms with Crippen LogP contribution in [0.1, 0.15) is 24.0 Å². The number of aryl methyl sites for hydroxylation is 1. The lowest BCUT2D eigenvalue weighted by atomic mass is 10.0. The number of carbonyl (C=O) groups excluding carboxylic acids is 1. The molecule has 0 spiro atoms. The molecule has 4 aromatic rings. The third-order valence-corrected chi connectivity index (χ3v) is 10.4. The summed E-state index contributed by atoms with van der Waals surface area (Å²) in [5, 5.41) is 16.9. The molecule has 17 heteroatoms. The lowest BCUT2D eigenvalue weighted by molar-refractivity contribution is -0.117. The molecule has 2 saturated heterocycles. The number of nitrogens with two attached hydrogens (primary N) is 4. The predicted octanol–water partition coefficient (Wildman–Crippen LogP) is 0.887. The maximum atomic E-state index is 13.6. The highest BCUT2D eigenvalue weighted by atomic mass is 32.2. The number of nitrogens with zero attached hydrogens (tertiary/aromatic N) is 5. The number of hydrogen-bond donors (Lipinski definition) is 8. The van der Waals surface area contributed by atoms with Gasteiger partial charge in [-0.05, 0) is 56.0 Å². The van der Waals surface area contributed by atoms with E-state index in [4.69, 9.17) is 27.9 Å². The third-order valence-electron chi connectivity index (χ3n) is 8.95. The van der Waals surface area contributed by atoms with Gasteiger partial charge < -0.3 is 48.5 Å². The fraction of sp³-hybridized carbons (Fsp3) is 0.371. The number of aromatic nitrogens is 3. The molecule has 52 heavy (non-hydrogen) atoms. The van der Waals surface area contributed by atoms with Gasteiger partial charge in [-0.3, -0.25) is 4.79 Å². The van der Waals surface area contributed by atoms with Gasteiger partial charge in [0.1, 0.15) is 11.8 Å². The summed E-state index contributed by atoms with van der Waals surface area (Å²) in [6, 6.07) is 18.1. The largest absolute Gasteiger partial charge is 0.506 e. The molecule has 0 saturated carbocycles. The van der Waals surface area contributed by atoms with Crippen LogP contribution in [0.2, 0.25) is 0 Å². The smallest absolute Gasteiger partial charge is 0.243 e. The molecule has 2 aliphatic rings. The van der Waals surface area contributed by atoms with Gasteiger partial charge in [0.2, 0.25) is 33.8 Å². The summed E-state index contributed by atoms with van der Waals surface area (Å²) < 4.78 is 29.1. The summed E-state index contributed by atoms with van der Waals surface area (Å²) >= 11 is 0. The van der Waals surface area contributed by atoms with Crippen molar-refractivity contribution >= 4 is 45.2 Å². The fourth-order valence-corrected chi connectivity index (χ4v) is 7.65. The molecule has 2 fully saturated rings. The number of aromatic hydroxyl groups is 1. The topological polar surface area (TPSA) is 257 Å². The molecular weight excluding hydrogens is 685 g/mol. The first-order valence-electron chi connectivity index (χ1n) is 17.1. The van der Waals surface area contributed by atoms with E-state index in [1.165, 1.54) is 24.3 Å². The molecule has 3 heterocycles. The highest BCUT2D eigenvalue weighted by molar-refractivity contribution is 7.89. The Labute approximate surface area is 303 Å². The normalized spacial score (nSPS) is 21.4. The van der Waals surface area contributed by atoms with Gasteiger partial charge in [0, 0.05) is 62.1 Å². The Morgan fingerprint density at radius 3 is 1.92 bits per heavy atom. The number of hydrogen-bond acceptors (Lipinski definition) is 14. The minimum absolute atomic E-state index is 0.0313. The number of nitrogens with one attached hydrogen (secondary N) is 3. The lowest BCUT2D eigenvalue weighted by Crippen LogP contribution is -2.54. The van der Waals surface area contributed by atoms with Crippen LogP contribution in [-0.4, -0.2) is 90.8 Å². The van der Waals surface area contributed by atoms with Crippen molar-refractivity contribution in [1.29, 1.82) is 0 Å². The highest BCUT2D eigenvalue weighted by Gasteiger charge is 2.30. The summed E-state index contributed by atoms with van der Waals surface area (Å²) in [6.07, 6.45) is 1.44. The van der Waals surface area contributed by atoms with Gasteiger partial charge in [-0.15, -0.1) is 0 Å². The van der Waals surface area contributed by atoms with E-state index >= 15 is 0 Å². The first-order valence-corrected chi connectivity index (χ1v) is 18.6. The molecule has 5 atom stereocenters. The Morgan fingerprint density at radius 2 is 1.38 bits per heavy atom. The molecule has 276 valence electrons. The van der Waals surface area contributed by atoms with Crippen LogP contribution < -0.4 is 48.1 Å².